The molecule has 0 aromatic carbocycles. The summed E-state index contributed by atoms with van der Waals surface area (Å²) < 4.78 is 63.8. The largest absolute Gasteiger partial charge is 0.389 e. The maximum Gasteiger partial charge on any atom is 0.389 e. The van der Waals surface area contributed by atoms with Crippen molar-refractivity contribution in [1.29, 1.82) is 0 Å². The molecule has 114 valence electrons. The molecule has 1 N–H and O–H groups in total. The third-order valence-corrected chi connectivity index (χ3v) is 4.60. The Bertz CT molecular complexity index is 556. The number of aryl methyl sites for hydroxylation is 1. The summed E-state index contributed by atoms with van der Waals surface area (Å²) in [7, 11) is -3.08. The third-order valence-electron chi connectivity index (χ3n) is 2.86. The molecule has 1 aliphatic rings. The first-order valence-electron chi connectivity index (χ1n) is 6.05. The van der Waals surface area contributed by atoms with Crippen LogP contribution in [0.4, 0.5) is 13.2 Å². The van der Waals surface area contributed by atoms with E-state index < -0.39 is 22.4 Å². The van der Waals surface area contributed by atoms with Crippen molar-refractivity contribution in [3.63, 3.8) is 0 Å². The van der Waals surface area contributed by atoms with E-state index in [9.17, 15) is 21.6 Å². The number of nitrogens with zero attached hydrogens (tertiary/aromatic N) is 2. The monoisotopic (exact) mass is 313 g/mol. The van der Waals surface area contributed by atoms with E-state index in [1.807, 2.05) is 0 Å². The summed E-state index contributed by atoms with van der Waals surface area (Å²) in [6, 6.07) is -0.343. The molecule has 1 aromatic rings. The van der Waals surface area contributed by atoms with Crippen molar-refractivity contribution in [3.05, 3.63) is 11.7 Å². The summed E-state index contributed by atoms with van der Waals surface area (Å²) in [5.41, 5.74) is 0. The summed E-state index contributed by atoms with van der Waals surface area (Å²) in [5, 5.41) is 6.46. The van der Waals surface area contributed by atoms with Crippen LogP contribution in [-0.2, 0) is 22.7 Å². The molecular weight excluding hydrogens is 299 g/mol. The number of halogens is 3. The zero-order valence-corrected chi connectivity index (χ0v) is 11.3. The van der Waals surface area contributed by atoms with E-state index in [2.05, 4.69) is 15.5 Å². The number of rotatable bonds is 4. The van der Waals surface area contributed by atoms with E-state index in [1.54, 1.807) is 0 Å². The Morgan fingerprint density at radius 3 is 2.80 bits per heavy atom. The standard InChI is InChI=1S/C10H14F3N3O3S/c11-10(12,13)2-1-8-15-9(19-16-8)5-7-6-20(17,18)4-3-14-7/h7,14H,1-6H2. The fourth-order valence-electron chi connectivity index (χ4n) is 1.94. The van der Waals surface area contributed by atoms with Crippen LogP contribution in [0.1, 0.15) is 18.1 Å². The van der Waals surface area contributed by atoms with Gasteiger partial charge in [-0.05, 0) is 0 Å². The Morgan fingerprint density at radius 1 is 1.40 bits per heavy atom. The fraction of sp³-hybridized carbons (Fsp3) is 0.800. The van der Waals surface area contributed by atoms with Crippen LogP contribution in [0.25, 0.3) is 0 Å². The average Bonchev–Trinajstić information content (AvgIpc) is 2.72. The molecule has 20 heavy (non-hydrogen) atoms. The van der Waals surface area contributed by atoms with Crippen LogP contribution in [0.5, 0.6) is 0 Å². The van der Waals surface area contributed by atoms with Crippen LogP contribution < -0.4 is 5.32 Å². The Kier molecular flexibility index (Phi) is 4.33. The number of hydrogen-bond acceptors (Lipinski definition) is 6. The van der Waals surface area contributed by atoms with Crippen LogP contribution >= 0.6 is 0 Å². The Balaban J connectivity index is 1.89. The molecule has 0 radical (unpaired) electrons. The lowest BCUT2D eigenvalue weighted by molar-refractivity contribution is -0.134. The van der Waals surface area contributed by atoms with E-state index in [1.165, 1.54) is 0 Å². The molecule has 0 aliphatic carbocycles. The molecule has 1 aromatic heterocycles. The molecule has 0 amide bonds. The van der Waals surface area contributed by atoms with Crippen molar-refractivity contribution in [3.8, 4) is 0 Å². The van der Waals surface area contributed by atoms with Gasteiger partial charge in [-0.15, -0.1) is 0 Å². The molecule has 1 saturated heterocycles. The number of nitrogens with one attached hydrogen (secondary N) is 1. The second-order valence-corrected chi connectivity index (χ2v) is 6.92. The van der Waals surface area contributed by atoms with Gasteiger partial charge in [-0.3, -0.25) is 0 Å². The molecule has 0 spiro atoms. The minimum atomic E-state index is -4.26. The molecule has 2 rings (SSSR count). The van der Waals surface area contributed by atoms with E-state index in [4.69, 9.17) is 4.52 Å². The van der Waals surface area contributed by atoms with Crippen molar-refractivity contribution >= 4 is 9.84 Å². The maximum atomic E-state index is 12.0. The molecular formula is C10H14F3N3O3S. The van der Waals surface area contributed by atoms with Gasteiger partial charge < -0.3 is 9.84 Å². The van der Waals surface area contributed by atoms with Crippen molar-refractivity contribution in [2.24, 2.45) is 0 Å². The molecule has 0 saturated carbocycles. The molecule has 1 aliphatic heterocycles. The van der Waals surface area contributed by atoms with Gasteiger partial charge in [0.2, 0.25) is 5.89 Å². The second kappa shape index (κ2) is 5.68. The SMILES string of the molecule is O=S1(=O)CCNC(Cc2nc(CCC(F)(F)F)no2)C1. The van der Waals surface area contributed by atoms with E-state index in [0.717, 1.165) is 0 Å². The minimum Gasteiger partial charge on any atom is -0.339 e. The third kappa shape index (κ3) is 4.75. The summed E-state index contributed by atoms with van der Waals surface area (Å²) in [4.78, 5) is 3.84. The van der Waals surface area contributed by atoms with Gasteiger partial charge in [0.15, 0.2) is 15.7 Å². The lowest BCUT2D eigenvalue weighted by Gasteiger charge is -2.21. The van der Waals surface area contributed by atoms with Gasteiger partial charge >= 0.3 is 6.18 Å². The Labute approximate surface area is 113 Å². The molecule has 1 unspecified atom stereocenters. The first-order chi connectivity index (χ1) is 9.23. The highest BCUT2D eigenvalue weighted by Crippen LogP contribution is 2.21. The van der Waals surface area contributed by atoms with Gasteiger partial charge in [0.25, 0.3) is 0 Å². The Hall–Kier alpha value is -1.16. The smallest absolute Gasteiger partial charge is 0.339 e. The van der Waals surface area contributed by atoms with Crippen molar-refractivity contribution in [1.82, 2.24) is 15.5 Å². The molecule has 0 bridgehead atoms. The average molecular weight is 313 g/mol. The van der Waals surface area contributed by atoms with Gasteiger partial charge in [-0.25, -0.2) is 8.42 Å². The highest BCUT2D eigenvalue weighted by atomic mass is 32.2. The van der Waals surface area contributed by atoms with Gasteiger partial charge in [-0.2, -0.15) is 18.2 Å². The highest BCUT2D eigenvalue weighted by Gasteiger charge is 2.28. The van der Waals surface area contributed by atoms with Crippen LogP contribution in [0.3, 0.4) is 0 Å². The van der Waals surface area contributed by atoms with Crippen molar-refractivity contribution in [2.75, 3.05) is 18.1 Å². The lowest BCUT2D eigenvalue weighted by Crippen LogP contribution is -2.46. The predicted molar refractivity (Wildman–Crippen MR) is 62.8 cm³/mol. The van der Waals surface area contributed by atoms with E-state index in [-0.39, 0.29) is 42.1 Å². The van der Waals surface area contributed by atoms with E-state index in [0.29, 0.717) is 6.54 Å². The molecule has 1 atom stereocenters. The highest BCUT2D eigenvalue weighted by molar-refractivity contribution is 7.91. The Morgan fingerprint density at radius 2 is 2.15 bits per heavy atom. The zero-order chi connectivity index (χ0) is 14.8. The molecule has 2 heterocycles. The van der Waals surface area contributed by atoms with Crippen LogP contribution in [0, 0.1) is 0 Å². The van der Waals surface area contributed by atoms with Gasteiger partial charge in [0.1, 0.15) is 0 Å². The summed E-state index contributed by atoms with van der Waals surface area (Å²) in [5.74, 6) is 0.185. The van der Waals surface area contributed by atoms with Crippen molar-refractivity contribution < 1.29 is 26.1 Å². The van der Waals surface area contributed by atoms with E-state index >= 15 is 0 Å². The zero-order valence-electron chi connectivity index (χ0n) is 10.5. The van der Waals surface area contributed by atoms with Crippen LogP contribution in [0.2, 0.25) is 0 Å². The maximum absolute atomic E-state index is 12.0. The number of hydrogen-bond donors (Lipinski definition) is 1. The topological polar surface area (TPSA) is 85.1 Å². The van der Waals surface area contributed by atoms with Gasteiger partial charge in [0.05, 0.1) is 17.9 Å². The van der Waals surface area contributed by atoms with Gasteiger partial charge in [0, 0.05) is 25.4 Å². The summed E-state index contributed by atoms with van der Waals surface area (Å²) >= 11 is 0. The normalized spacial score (nSPS) is 22.9. The quantitative estimate of drug-likeness (QED) is 0.871. The van der Waals surface area contributed by atoms with Crippen molar-refractivity contribution in [2.45, 2.75) is 31.5 Å². The lowest BCUT2D eigenvalue weighted by atomic mass is 10.2. The first-order valence-corrected chi connectivity index (χ1v) is 7.88. The van der Waals surface area contributed by atoms with Crippen LogP contribution in [0.15, 0.2) is 4.52 Å². The fourth-order valence-corrected chi connectivity index (χ4v) is 3.38. The number of alkyl halides is 3. The number of aromatic nitrogens is 2. The van der Waals surface area contributed by atoms with Crippen LogP contribution in [-0.4, -0.2) is 48.8 Å². The van der Waals surface area contributed by atoms with Gasteiger partial charge in [-0.1, -0.05) is 5.16 Å². The molecule has 1 fully saturated rings. The summed E-state index contributed by atoms with van der Waals surface area (Å²) in [6.45, 7) is 0.349. The predicted octanol–water partition coefficient (Wildman–Crippen LogP) is 0.494. The number of sulfone groups is 1. The minimum absolute atomic E-state index is 0.0176. The summed E-state index contributed by atoms with van der Waals surface area (Å²) in [6.07, 6.45) is -5.43. The molecule has 6 nitrogen and oxygen atoms in total. The second-order valence-electron chi connectivity index (χ2n) is 4.69. The first kappa shape index (κ1) is 15.2. The molecule has 10 heteroatoms.